The molecule has 54 heavy (non-hydrogen) atoms. The normalized spacial score (nSPS) is 12.1. The third-order valence-corrected chi connectivity index (χ3v) is 12.6. The van der Waals surface area contributed by atoms with E-state index in [-0.39, 0.29) is 0 Å². The molecule has 0 aliphatic carbocycles. The topological polar surface area (TPSA) is 13.1 Å². The third kappa shape index (κ3) is 4.26. The highest BCUT2D eigenvalue weighted by Gasteiger charge is 2.20. The fourth-order valence-electron chi connectivity index (χ4n) is 9.07. The summed E-state index contributed by atoms with van der Waals surface area (Å²) in [5, 5.41) is 14.9. The predicted molar refractivity (Wildman–Crippen MR) is 233 cm³/mol. The average Bonchev–Trinajstić information content (AvgIpc) is 3.79. The molecule has 0 fully saturated rings. The summed E-state index contributed by atoms with van der Waals surface area (Å²) < 4.78 is 9.46. The van der Waals surface area contributed by atoms with Crippen LogP contribution in [-0.2, 0) is 0 Å². The minimum absolute atomic E-state index is 0.899. The highest BCUT2D eigenvalue weighted by atomic mass is 32.1. The van der Waals surface area contributed by atoms with Crippen molar-refractivity contribution in [3.63, 3.8) is 0 Å². The van der Waals surface area contributed by atoms with Gasteiger partial charge in [-0.1, -0.05) is 146 Å². The molecule has 2 aromatic heterocycles. The molecule has 0 unspecified atom stereocenters. The zero-order chi connectivity index (χ0) is 35.3. The molecular weight excluding hydrogens is 673 g/mol. The zero-order valence-electron chi connectivity index (χ0n) is 29.1. The van der Waals surface area contributed by atoms with Crippen molar-refractivity contribution in [1.29, 1.82) is 0 Å². The first-order chi connectivity index (χ1) is 26.8. The van der Waals surface area contributed by atoms with E-state index in [4.69, 9.17) is 4.42 Å². The molecule has 0 bridgehead atoms. The van der Waals surface area contributed by atoms with E-state index in [0.717, 1.165) is 27.5 Å². The van der Waals surface area contributed by atoms with Gasteiger partial charge in [-0.05, 0) is 107 Å². The Morgan fingerprint density at radius 1 is 0.315 bits per heavy atom. The first kappa shape index (κ1) is 29.8. The Bertz CT molecular complexity index is 3450. The Kier molecular flexibility index (Phi) is 6.28. The first-order valence-corrected chi connectivity index (χ1v) is 19.3. The molecule has 0 saturated carbocycles. The minimum atomic E-state index is 0.899. The monoisotopic (exact) mass is 702 g/mol. The highest BCUT2D eigenvalue weighted by molar-refractivity contribution is 7.26. The second kappa shape index (κ2) is 11.4. The van der Waals surface area contributed by atoms with Gasteiger partial charge in [0.15, 0.2) is 0 Å². The molecule has 0 atom stereocenters. The van der Waals surface area contributed by atoms with Crippen molar-refractivity contribution in [2.24, 2.45) is 0 Å². The van der Waals surface area contributed by atoms with Gasteiger partial charge in [0.05, 0.1) is 0 Å². The lowest BCUT2D eigenvalue weighted by molar-refractivity contribution is 0.669. The maximum absolute atomic E-state index is 6.83. The number of rotatable bonds is 3. The maximum atomic E-state index is 6.83. The van der Waals surface area contributed by atoms with E-state index in [1.165, 1.54) is 91.1 Å². The fraction of sp³-hybridized carbons (Fsp3) is 0. The largest absolute Gasteiger partial charge is 0.456 e. The van der Waals surface area contributed by atoms with Crippen LogP contribution in [0.2, 0.25) is 0 Å². The van der Waals surface area contributed by atoms with Gasteiger partial charge >= 0.3 is 0 Å². The summed E-state index contributed by atoms with van der Waals surface area (Å²) in [5.74, 6) is 0. The number of hydrogen-bond donors (Lipinski definition) is 0. The summed E-state index contributed by atoms with van der Waals surface area (Å²) in [7, 11) is 0. The lowest BCUT2D eigenvalue weighted by Crippen LogP contribution is -1.91. The Morgan fingerprint density at radius 3 is 1.52 bits per heavy atom. The summed E-state index contributed by atoms with van der Waals surface area (Å²) in [6.07, 6.45) is 0. The molecule has 0 aliphatic heterocycles. The molecule has 0 spiro atoms. The van der Waals surface area contributed by atoms with Crippen molar-refractivity contribution >= 4 is 96.5 Å². The second-order valence-electron chi connectivity index (χ2n) is 14.3. The molecule has 0 radical (unpaired) electrons. The van der Waals surface area contributed by atoms with Crippen molar-refractivity contribution < 1.29 is 4.42 Å². The van der Waals surface area contributed by atoms with E-state index in [9.17, 15) is 0 Å². The molecule has 10 aromatic carbocycles. The minimum Gasteiger partial charge on any atom is -0.456 e. The van der Waals surface area contributed by atoms with Gasteiger partial charge in [-0.2, -0.15) is 0 Å². The van der Waals surface area contributed by atoms with Gasteiger partial charge in [-0.25, -0.2) is 0 Å². The van der Waals surface area contributed by atoms with Crippen molar-refractivity contribution in [3.05, 3.63) is 182 Å². The molecule has 0 N–H and O–H groups in total. The Morgan fingerprint density at radius 2 is 0.833 bits per heavy atom. The van der Waals surface area contributed by atoms with Gasteiger partial charge < -0.3 is 4.42 Å². The maximum Gasteiger partial charge on any atom is 0.136 e. The number of thiophene rings is 1. The van der Waals surface area contributed by atoms with E-state index in [0.29, 0.717) is 0 Å². The Hall–Kier alpha value is -6.74. The first-order valence-electron chi connectivity index (χ1n) is 18.5. The van der Waals surface area contributed by atoms with Crippen LogP contribution in [0, 0.1) is 0 Å². The molecule has 0 amide bonds. The standard InChI is InChI=1S/C52H30OS/c1-3-15-35-31(12-1)14-11-22-40(35)51-43-20-7-5-18-41(43)49(42-19-6-8-21-44(42)51)33-24-26-37-38-27-25-34(30-47(38)53-46(37)29-33)50-36-16-4-2-13-32(36)28-45-39-17-9-10-23-48(39)54-52(45)50/h1-30H. The van der Waals surface area contributed by atoms with Crippen LogP contribution in [0.3, 0.4) is 0 Å². The number of hydrogen-bond acceptors (Lipinski definition) is 2. The lowest BCUT2D eigenvalue weighted by atomic mass is 9.84. The van der Waals surface area contributed by atoms with Gasteiger partial charge in [-0.15, -0.1) is 11.3 Å². The van der Waals surface area contributed by atoms with Crippen LogP contribution in [0.4, 0.5) is 0 Å². The molecule has 1 nitrogen and oxygen atoms in total. The zero-order valence-corrected chi connectivity index (χ0v) is 30.0. The van der Waals surface area contributed by atoms with Crippen LogP contribution >= 0.6 is 11.3 Å². The molecule has 0 aliphatic rings. The molecule has 12 rings (SSSR count). The predicted octanol–water partition coefficient (Wildman–Crippen LogP) is 15.6. The van der Waals surface area contributed by atoms with Crippen LogP contribution < -0.4 is 0 Å². The molecule has 0 saturated heterocycles. The summed E-state index contributed by atoms with van der Waals surface area (Å²) in [5.41, 5.74) is 9.18. The molecule has 2 heterocycles. The lowest BCUT2D eigenvalue weighted by Gasteiger charge is -2.18. The van der Waals surface area contributed by atoms with Gasteiger partial charge in [0.2, 0.25) is 0 Å². The smallest absolute Gasteiger partial charge is 0.136 e. The van der Waals surface area contributed by atoms with Crippen LogP contribution in [-0.4, -0.2) is 0 Å². The van der Waals surface area contributed by atoms with Crippen molar-refractivity contribution in [2.45, 2.75) is 0 Å². The molecule has 250 valence electrons. The molecular formula is C52H30OS. The number of benzene rings is 10. The summed E-state index contributed by atoms with van der Waals surface area (Å²) in [4.78, 5) is 0. The second-order valence-corrected chi connectivity index (χ2v) is 15.4. The number of furan rings is 1. The number of fused-ring (bicyclic) bond motifs is 10. The Balaban J connectivity index is 1.08. The average molecular weight is 703 g/mol. The quantitative estimate of drug-likeness (QED) is 0.167. The third-order valence-electron chi connectivity index (χ3n) is 11.4. The van der Waals surface area contributed by atoms with E-state index in [1.54, 1.807) is 0 Å². The van der Waals surface area contributed by atoms with Crippen molar-refractivity contribution in [1.82, 2.24) is 0 Å². The molecule has 12 aromatic rings. The van der Waals surface area contributed by atoms with Gasteiger partial charge in [0, 0.05) is 36.5 Å². The van der Waals surface area contributed by atoms with Gasteiger partial charge in [0.25, 0.3) is 0 Å². The van der Waals surface area contributed by atoms with E-state index < -0.39 is 0 Å². The fourth-order valence-corrected chi connectivity index (χ4v) is 10.3. The van der Waals surface area contributed by atoms with Crippen LogP contribution in [0.1, 0.15) is 0 Å². The van der Waals surface area contributed by atoms with Crippen LogP contribution in [0.5, 0.6) is 0 Å². The van der Waals surface area contributed by atoms with E-state index >= 15 is 0 Å². The van der Waals surface area contributed by atoms with Crippen LogP contribution in [0.25, 0.3) is 119 Å². The Labute approximate surface area is 314 Å². The SMILES string of the molecule is c1ccc2c(-c3c4ccccc4c(-c4ccc5c(c4)oc4cc(-c6c7ccccc7cc7c6sc6ccccc67)ccc45)c4ccccc34)cccc2c1. The summed E-state index contributed by atoms with van der Waals surface area (Å²) in [6.45, 7) is 0. The van der Waals surface area contributed by atoms with E-state index in [2.05, 4.69) is 182 Å². The van der Waals surface area contributed by atoms with Gasteiger partial charge in [0.1, 0.15) is 11.2 Å². The van der Waals surface area contributed by atoms with Crippen LogP contribution in [0.15, 0.2) is 186 Å². The van der Waals surface area contributed by atoms with Crippen molar-refractivity contribution in [2.75, 3.05) is 0 Å². The van der Waals surface area contributed by atoms with Gasteiger partial charge in [-0.3, -0.25) is 0 Å². The highest BCUT2D eigenvalue weighted by Crippen LogP contribution is 2.48. The summed E-state index contributed by atoms with van der Waals surface area (Å²) >= 11 is 1.88. The van der Waals surface area contributed by atoms with Crippen molar-refractivity contribution in [3.8, 4) is 33.4 Å². The summed E-state index contributed by atoms with van der Waals surface area (Å²) in [6, 6.07) is 66.6. The van der Waals surface area contributed by atoms with E-state index in [1.807, 2.05) is 11.3 Å². The molecule has 2 heteroatoms.